The van der Waals surface area contributed by atoms with E-state index in [0.717, 1.165) is 0 Å². The number of carbonyl (C=O) groups excluding carboxylic acids is 5. The molecule has 0 radical (unpaired) electrons. The van der Waals surface area contributed by atoms with Crippen molar-refractivity contribution in [2.45, 2.75) is 98.1 Å². The van der Waals surface area contributed by atoms with E-state index in [1.807, 2.05) is 27.7 Å². The van der Waals surface area contributed by atoms with Crippen LogP contribution in [0.1, 0.15) is 67.7 Å². The molecule has 266 valence electrons. The summed E-state index contributed by atoms with van der Waals surface area (Å²) in [6, 6.07) is -5.48. The summed E-state index contributed by atoms with van der Waals surface area (Å²) in [6.45, 7) is 16.0. The van der Waals surface area contributed by atoms with Crippen molar-refractivity contribution in [3.05, 3.63) is 0 Å². The minimum Gasteiger partial charge on any atom is -0.344 e. The molecule has 1 unspecified atom stereocenters. The molecule has 47 heavy (non-hydrogen) atoms. The Bertz CT molecular complexity index is 1380. The lowest BCUT2D eigenvalue weighted by atomic mass is 9.85. The van der Waals surface area contributed by atoms with Gasteiger partial charge in [-0.1, -0.05) is 48.5 Å². The topological polar surface area (TPSA) is 174 Å². The lowest BCUT2D eigenvalue weighted by Gasteiger charge is -2.38. The molecule has 0 aromatic heterocycles. The monoisotopic (exact) mass is 692 g/mol. The summed E-state index contributed by atoms with van der Waals surface area (Å²) in [6.07, 6.45) is -6.54. The molecule has 17 heteroatoms. The van der Waals surface area contributed by atoms with Crippen LogP contribution in [0.15, 0.2) is 4.99 Å². The maximum Gasteiger partial charge on any atom is 0.389 e. The van der Waals surface area contributed by atoms with Gasteiger partial charge in [-0.15, -0.1) is 0 Å². The molecule has 13 nitrogen and oxygen atoms in total. The van der Waals surface area contributed by atoms with Gasteiger partial charge in [-0.05, 0) is 48.1 Å². The highest BCUT2D eigenvalue weighted by atomic mass is 32.2. The van der Waals surface area contributed by atoms with E-state index in [9.17, 15) is 45.6 Å². The van der Waals surface area contributed by atoms with Crippen molar-refractivity contribution >= 4 is 46.3 Å². The van der Waals surface area contributed by atoms with Gasteiger partial charge in [0.25, 0.3) is 0 Å². The molecule has 0 spiro atoms. The van der Waals surface area contributed by atoms with Crippen molar-refractivity contribution in [2.24, 2.45) is 33.6 Å². The Morgan fingerprint density at radius 1 is 1.04 bits per heavy atom. The Labute approximate surface area is 273 Å². The van der Waals surface area contributed by atoms with Crippen molar-refractivity contribution in [3.8, 4) is 0 Å². The minimum absolute atomic E-state index is 0.0344. The van der Waals surface area contributed by atoms with Crippen LogP contribution in [-0.2, 0) is 29.2 Å². The number of Topliss-reactive ketones (excluding diaryl/α,β-unsaturated/α-hetero) is 1. The van der Waals surface area contributed by atoms with Crippen molar-refractivity contribution in [1.29, 1.82) is 0 Å². The molecule has 0 aromatic rings. The first kappa shape index (κ1) is 38.4. The third-order valence-corrected chi connectivity index (χ3v) is 11.5. The predicted octanol–water partition coefficient (Wildman–Crippen LogP) is 1.87. The van der Waals surface area contributed by atoms with Gasteiger partial charge in [0, 0.05) is 32.1 Å². The highest BCUT2D eigenvalue weighted by Crippen LogP contribution is 2.65. The Morgan fingerprint density at radius 2 is 1.66 bits per heavy atom. The van der Waals surface area contributed by atoms with Gasteiger partial charge >= 0.3 is 18.1 Å². The summed E-state index contributed by atoms with van der Waals surface area (Å²) in [5.41, 5.74) is -1.28. The predicted molar refractivity (Wildman–Crippen MR) is 167 cm³/mol. The number of piperidine rings is 1. The van der Waals surface area contributed by atoms with E-state index in [2.05, 4.69) is 27.7 Å². The molecule has 6 atom stereocenters. The van der Waals surface area contributed by atoms with E-state index >= 15 is 0 Å². The smallest absolute Gasteiger partial charge is 0.344 e. The van der Waals surface area contributed by atoms with Crippen molar-refractivity contribution in [2.75, 3.05) is 25.4 Å². The van der Waals surface area contributed by atoms with Gasteiger partial charge in [-0.25, -0.2) is 18.2 Å². The minimum atomic E-state index is -4.67. The number of carbonyl (C=O) groups is 5. The van der Waals surface area contributed by atoms with E-state index in [4.69, 9.17) is 0 Å². The lowest BCUT2D eigenvalue weighted by Crippen LogP contribution is -2.62. The zero-order valence-electron chi connectivity index (χ0n) is 27.9. The molecular weight excluding hydrogens is 645 g/mol. The molecule has 2 heterocycles. The number of halogens is 3. The maximum atomic E-state index is 14.2. The second-order valence-electron chi connectivity index (χ2n) is 14.7. The first-order valence-corrected chi connectivity index (χ1v) is 17.3. The number of likely N-dealkylation sites (tertiary alicyclic amines) is 1. The fourth-order valence-corrected chi connectivity index (χ4v) is 8.12. The average molecular weight is 693 g/mol. The molecule has 5 amide bonds. The highest BCUT2D eigenvalue weighted by Gasteiger charge is 2.70. The lowest BCUT2D eigenvalue weighted by molar-refractivity contribution is -0.147. The quantitative estimate of drug-likeness (QED) is 0.207. The maximum absolute atomic E-state index is 14.2. The molecule has 3 fully saturated rings. The molecule has 0 bridgehead atoms. The zero-order chi connectivity index (χ0) is 35.9. The van der Waals surface area contributed by atoms with Crippen LogP contribution in [0.4, 0.5) is 18.0 Å². The van der Waals surface area contributed by atoms with Crippen molar-refractivity contribution < 1.29 is 45.6 Å². The first-order valence-electron chi connectivity index (χ1n) is 15.7. The molecule has 2 aliphatic heterocycles. The van der Waals surface area contributed by atoms with Crippen molar-refractivity contribution in [1.82, 2.24) is 25.2 Å². The van der Waals surface area contributed by atoms with Crippen LogP contribution in [0.3, 0.4) is 0 Å². The number of nitrogens with one attached hydrogen (secondary N) is 3. The number of ketones is 1. The number of rotatable bonds is 12. The largest absolute Gasteiger partial charge is 0.389 e. The summed E-state index contributed by atoms with van der Waals surface area (Å²) < 4.78 is 65.2. The second-order valence-corrected chi connectivity index (χ2v) is 16.8. The molecule has 3 aliphatic rings. The van der Waals surface area contributed by atoms with E-state index in [1.165, 1.54) is 9.21 Å². The third kappa shape index (κ3) is 8.89. The first-order chi connectivity index (χ1) is 21.4. The van der Waals surface area contributed by atoms with Gasteiger partial charge in [0.1, 0.15) is 12.1 Å². The SMILES string of the molecule is C=NC(=O)C(=O)C(CCC(F)(F)F)NC(=O)[C@@H]1[C@@H]2[C@H](CN1C(=O)[C@@H](NC(=O)N[C@H](CN1CCCS1(=O)=O)C(C)C)C(C)(C)C)C2(C)C. The summed E-state index contributed by atoms with van der Waals surface area (Å²) in [7, 11) is -3.42. The molecule has 0 aromatic carbocycles. The number of hydrogen-bond acceptors (Lipinski definition) is 7. The van der Waals surface area contributed by atoms with Gasteiger partial charge < -0.3 is 20.9 Å². The Balaban J connectivity index is 1.83. The van der Waals surface area contributed by atoms with Crippen LogP contribution in [-0.4, -0.2) is 110 Å². The standard InChI is InChI=1S/C30H47F3N6O7S/c1-16(2)19(15-38-12-9-13-47(38,45)46)36-27(44)37-23(28(3,4)5)26(43)39-14-17-20(29(17,6)7)21(39)24(41)35-18(10-11-30(31,32)33)22(40)25(42)34-8/h16-21,23H,8-15H2,1-7H3,(H,35,41)(H2,36,37,44)/t17-,18?,19+,20-,21-,23+/m0/s1. The van der Waals surface area contributed by atoms with E-state index in [-0.39, 0.29) is 36.6 Å². The van der Waals surface area contributed by atoms with Gasteiger partial charge in [0.05, 0.1) is 11.8 Å². The van der Waals surface area contributed by atoms with E-state index in [0.29, 0.717) is 13.0 Å². The summed E-state index contributed by atoms with van der Waals surface area (Å²) in [5.74, 6) is -4.90. The van der Waals surface area contributed by atoms with Gasteiger partial charge in [0.2, 0.25) is 27.6 Å². The van der Waals surface area contributed by atoms with Gasteiger partial charge in [0.15, 0.2) is 0 Å². The molecule has 2 saturated heterocycles. The number of aliphatic imine (C=N–C) groups is 1. The Kier molecular flexibility index (Phi) is 11.3. The van der Waals surface area contributed by atoms with Gasteiger partial charge in [-0.3, -0.25) is 19.2 Å². The summed E-state index contributed by atoms with van der Waals surface area (Å²) >= 11 is 0. The van der Waals surface area contributed by atoms with Crippen molar-refractivity contribution in [3.63, 3.8) is 0 Å². The van der Waals surface area contributed by atoms with Crippen LogP contribution in [0.5, 0.6) is 0 Å². The summed E-state index contributed by atoms with van der Waals surface area (Å²) in [5, 5.41) is 7.78. The van der Waals surface area contributed by atoms with Crippen LogP contribution in [0.2, 0.25) is 0 Å². The Morgan fingerprint density at radius 3 is 2.15 bits per heavy atom. The zero-order valence-corrected chi connectivity index (χ0v) is 28.8. The van der Waals surface area contributed by atoms with Crippen LogP contribution in [0, 0.1) is 28.6 Å². The third-order valence-electron chi connectivity index (χ3n) is 9.58. The number of fused-ring (bicyclic) bond motifs is 1. The molecule has 3 N–H and O–H groups in total. The summed E-state index contributed by atoms with van der Waals surface area (Å²) in [4.78, 5) is 69.9. The Hall–Kier alpha value is -3.08. The number of hydrogen-bond donors (Lipinski definition) is 3. The fraction of sp³-hybridized carbons (Fsp3) is 0.800. The normalized spacial score (nSPS) is 25.3. The molecule has 3 rings (SSSR count). The van der Waals surface area contributed by atoms with E-state index in [1.54, 1.807) is 20.8 Å². The molecule has 1 saturated carbocycles. The number of urea groups is 1. The number of alkyl halides is 3. The van der Waals surface area contributed by atoms with Crippen LogP contribution < -0.4 is 16.0 Å². The molecule has 1 aliphatic carbocycles. The number of nitrogens with zero attached hydrogens (tertiary/aromatic N) is 3. The van der Waals surface area contributed by atoms with Crippen LogP contribution in [0.25, 0.3) is 0 Å². The number of sulfonamides is 1. The van der Waals surface area contributed by atoms with Crippen LogP contribution >= 0.6 is 0 Å². The average Bonchev–Trinajstić information content (AvgIpc) is 3.24. The number of amides is 5. The second kappa shape index (κ2) is 13.8. The van der Waals surface area contributed by atoms with E-state index < -0.39 is 93.6 Å². The molecular formula is C30H47F3N6O7S. The van der Waals surface area contributed by atoms with Gasteiger partial charge in [-0.2, -0.15) is 17.5 Å². The fourth-order valence-electron chi connectivity index (χ4n) is 6.57. The highest BCUT2D eigenvalue weighted by molar-refractivity contribution is 7.89.